The summed E-state index contributed by atoms with van der Waals surface area (Å²) >= 11 is 0. The first-order valence-corrected chi connectivity index (χ1v) is 17.9. The quantitative estimate of drug-likeness (QED) is 0.0438. The average Bonchev–Trinajstić information content (AvgIpc) is 3.03. The van der Waals surface area contributed by atoms with Crippen molar-refractivity contribution in [1.29, 1.82) is 0 Å². The highest BCUT2D eigenvalue weighted by Gasteiger charge is 2.59. The van der Waals surface area contributed by atoms with Gasteiger partial charge < -0.3 is 36.4 Å². The minimum absolute atomic E-state index is 0.147. The predicted molar refractivity (Wildman–Crippen MR) is 177 cm³/mol. The molecule has 6 atom stereocenters. The van der Waals surface area contributed by atoms with Gasteiger partial charge in [0.05, 0.1) is 19.3 Å². The van der Waals surface area contributed by atoms with Crippen LogP contribution in [0.25, 0.3) is 0 Å². The normalized spacial score (nSPS) is 24.0. The van der Waals surface area contributed by atoms with E-state index in [4.69, 9.17) is 21.9 Å². The van der Waals surface area contributed by atoms with Crippen LogP contribution < -0.4 is 17.2 Å². The molecule has 1 saturated heterocycles. The second-order valence-electron chi connectivity index (χ2n) is 12.9. The predicted octanol–water partition coefficient (Wildman–Crippen LogP) is 3.42. The van der Waals surface area contributed by atoms with E-state index in [0.717, 1.165) is 44.9 Å². The van der Waals surface area contributed by atoms with Crippen molar-refractivity contribution in [1.82, 2.24) is 4.90 Å². The molecule has 0 aliphatic carbocycles. The van der Waals surface area contributed by atoms with Gasteiger partial charge in [-0.3, -0.25) is 20.1 Å². The van der Waals surface area contributed by atoms with Gasteiger partial charge in [0.15, 0.2) is 11.6 Å². The van der Waals surface area contributed by atoms with E-state index < -0.39 is 60.8 Å². The Hall–Kier alpha value is -1.47. The number of ketones is 2. The van der Waals surface area contributed by atoms with Crippen LogP contribution in [0.15, 0.2) is 0 Å². The summed E-state index contributed by atoms with van der Waals surface area (Å²) in [6, 6.07) is -1.72. The highest BCUT2D eigenvalue weighted by atomic mass is 16.6. The molecule has 0 aromatic rings. The molecule has 0 aromatic carbocycles. The molecule has 0 radical (unpaired) electrons. The molecule has 45 heavy (non-hydrogen) atoms. The van der Waals surface area contributed by atoms with Crippen molar-refractivity contribution in [2.45, 2.75) is 172 Å². The lowest BCUT2D eigenvalue weighted by Gasteiger charge is -2.53. The van der Waals surface area contributed by atoms with Crippen LogP contribution in [0.4, 0.5) is 0 Å². The number of nitrogens with two attached hydrogens (primary N) is 3. The van der Waals surface area contributed by atoms with Gasteiger partial charge in [-0.25, -0.2) is 0 Å². The van der Waals surface area contributed by atoms with Gasteiger partial charge in [0.2, 0.25) is 11.8 Å². The Bertz CT molecular complexity index is 832. The number of carbonyl (C=O) groups is 3. The zero-order chi connectivity index (χ0) is 33.7. The summed E-state index contributed by atoms with van der Waals surface area (Å²) in [5.74, 6) is -6.05. The van der Waals surface area contributed by atoms with Gasteiger partial charge in [0.1, 0.15) is 24.2 Å². The molecule has 0 spiro atoms. The van der Waals surface area contributed by atoms with Crippen LogP contribution in [0.2, 0.25) is 0 Å². The van der Waals surface area contributed by atoms with E-state index >= 15 is 0 Å². The fourth-order valence-electron chi connectivity index (χ4n) is 6.25. The molecular weight excluding hydrogens is 576 g/mol. The molecule has 1 aliphatic heterocycles. The van der Waals surface area contributed by atoms with E-state index in [0.29, 0.717) is 12.8 Å². The van der Waals surface area contributed by atoms with Gasteiger partial charge in [-0.05, 0) is 12.8 Å². The Kier molecular flexibility index (Phi) is 22.0. The number of nitrogens with zero attached hydrogens (tertiary/aromatic N) is 1. The first-order valence-electron chi connectivity index (χ1n) is 17.9. The first kappa shape index (κ1) is 41.6. The number of aliphatic hydroxyl groups excluding tert-OH is 3. The third-order valence-corrected chi connectivity index (χ3v) is 9.15. The third-order valence-electron chi connectivity index (χ3n) is 9.15. The number of unbranched alkanes of at least 4 members (excludes halogenated alkanes) is 17. The Morgan fingerprint density at radius 1 is 0.756 bits per heavy atom. The largest absolute Gasteiger partial charge is 0.394 e. The Balaban J connectivity index is 3.03. The smallest absolute Gasteiger partial charge is 0.225 e. The van der Waals surface area contributed by atoms with Gasteiger partial charge in [-0.1, -0.05) is 123 Å². The zero-order valence-electron chi connectivity index (χ0n) is 28.3. The van der Waals surface area contributed by atoms with E-state index in [-0.39, 0.29) is 18.9 Å². The van der Waals surface area contributed by atoms with Crippen LogP contribution in [-0.4, -0.2) is 87.6 Å². The van der Waals surface area contributed by atoms with Gasteiger partial charge >= 0.3 is 0 Å². The standard InChI is InChI=1S/C34H66N4O7/c1-3-5-7-9-11-13-15-17-19-21-23-38(28(41)22-20-18-16-14-12-10-8-6-4-2)34(37)29(32(43)30(36)26(40)24-35)33(44)31(42)27(25-39)45-34/h27,29-31,33,39,42,44H,3-25,35-37H2,1-2H3/t27-,29-,30?,31-,33-,34+/m1/s1. The molecular formula is C34H66N4O7. The molecule has 1 aliphatic rings. The number of hydrogen-bond donors (Lipinski definition) is 6. The highest BCUT2D eigenvalue weighted by Crippen LogP contribution is 2.36. The lowest BCUT2D eigenvalue weighted by Crippen LogP contribution is -2.76. The summed E-state index contributed by atoms with van der Waals surface area (Å²) in [5.41, 5.74) is 18.1. The van der Waals surface area contributed by atoms with Crippen LogP contribution in [0, 0.1) is 5.92 Å². The van der Waals surface area contributed by atoms with E-state index in [9.17, 15) is 29.7 Å². The van der Waals surface area contributed by atoms with Crippen molar-refractivity contribution in [3.63, 3.8) is 0 Å². The van der Waals surface area contributed by atoms with Crippen molar-refractivity contribution in [2.75, 3.05) is 19.7 Å². The van der Waals surface area contributed by atoms with Crippen molar-refractivity contribution >= 4 is 17.5 Å². The van der Waals surface area contributed by atoms with Crippen LogP contribution in [0.3, 0.4) is 0 Å². The maximum atomic E-state index is 13.8. The minimum Gasteiger partial charge on any atom is -0.394 e. The lowest BCUT2D eigenvalue weighted by atomic mass is 9.79. The number of amides is 1. The Labute approximate surface area is 272 Å². The van der Waals surface area contributed by atoms with Crippen LogP contribution in [0.1, 0.15) is 142 Å². The zero-order valence-corrected chi connectivity index (χ0v) is 28.3. The van der Waals surface area contributed by atoms with E-state index in [2.05, 4.69) is 13.8 Å². The SMILES string of the molecule is CCCCCCCCCCCCN(C(=O)CCCCCCCCCCC)[C@]1(N)O[C@H](CO)[C@@H](O)[C@H](O)[C@H]1C(=O)C(N)C(=O)CN. The summed E-state index contributed by atoms with van der Waals surface area (Å²) in [6.45, 7) is 3.33. The molecule has 0 saturated carbocycles. The summed E-state index contributed by atoms with van der Waals surface area (Å²) in [4.78, 5) is 40.9. The molecule has 1 unspecified atom stereocenters. The van der Waals surface area contributed by atoms with Crippen molar-refractivity contribution in [3.05, 3.63) is 0 Å². The molecule has 264 valence electrons. The number of aliphatic hydroxyl groups is 3. The molecule has 1 amide bonds. The van der Waals surface area contributed by atoms with Gasteiger partial charge in [0, 0.05) is 13.0 Å². The number of ether oxygens (including phenoxy) is 1. The maximum absolute atomic E-state index is 13.8. The van der Waals surface area contributed by atoms with E-state index in [1.165, 1.54) is 69.1 Å². The van der Waals surface area contributed by atoms with Crippen LogP contribution >= 0.6 is 0 Å². The molecule has 0 bridgehead atoms. The van der Waals surface area contributed by atoms with Gasteiger partial charge in [0.25, 0.3) is 0 Å². The number of rotatable bonds is 27. The molecule has 11 nitrogen and oxygen atoms in total. The summed E-state index contributed by atoms with van der Waals surface area (Å²) in [5, 5.41) is 31.7. The molecule has 9 N–H and O–H groups in total. The van der Waals surface area contributed by atoms with Crippen LogP contribution in [0.5, 0.6) is 0 Å². The van der Waals surface area contributed by atoms with E-state index in [1.807, 2.05) is 0 Å². The molecule has 0 aromatic heterocycles. The van der Waals surface area contributed by atoms with Crippen molar-refractivity contribution < 1.29 is 34.4 Å². The number of Topliss-reactive ketones (excluding diaryl/α,β-unsaturated/α-hetero) is 2. The molecule has 1 rings (SSSR count). The number of hydrogen-bond acceptors (Lipinski definition) is 10. The lowest BCUT2D eigenvalue weighted by molar-refractivity contribution is -0.291. The fraction of sp³-hybridized carbons (Fsp3) is 0.912. The second kappa shape index (κ2) is 23.8. The highest BCUT2D eigenvalue weighted by molar-refractivity contribution is 6.08. The van der Waals surface area contributed by atoms with Gasteiger partial charge in [-0.2, -0.15) is 0 Å². The van der Waals surface area contributed by atoms with Crippen molar-refractivity contribution in [3.8, 4) is 0 Å². The summed E-state index contributed by atoms with van der Waals surface area (Å²) in [7, 11) is 0. The average molecular weight is 643 g/mol. The van der Waals surface area contributed by atoms with Crippen LogP contribution in [-0.2, 0) is 19.1 Å². The summed E-state index contributed by atoms with van der Waals surface area (Å²) < 4.78 is 5.92. The fourth-order valence-corrected chi connectivity index (χ4v) is 6.25. The monoisotopic (exact) mass is 642 g/mol. The minimum atomic E-state index is -2.23. The Morgan fingerprint density at radius 2 is 1.20 bits per heavy atom. The topological polar surface area (TPSA) is 202 Å². The summed E-state index contributed by atoms with van der Waals surface area (Å²) in [6.07, 6.45) is 15.8. The molecule has 1 fully saturated rings. The number of carbonyl (C=O) groups excluding carboxylic acids is 3. The molecule has 11 heteroatoms. The van der Waals surface area contributed by atoms with E-state index in [1.54, 1.807) is 0 Å². The second-order valence-corrected chi connectivity index (χ2v) is 12.9. The maximum Gasteiger partial charge on any atom is 0.225 e. The van der Waals surface area contributed by atoms with Gasteiger partial charge in [-0.15, -0.1) is 0 Å². The first-order chi connectivity index (χ1) is 21.6. The van der Waals surface area contributed by atoms with Crippen molar-refractivity contribution in [2.24, 2.45) is 23.1 Å². The Morgan fingerprint density at radius 3 is 1.64 bits per heavy atom. The molecule has 1 heterocycles. The third kappa shape index (κ3) is 14.0.